The van der Waals surface area contributed by atoms with Gasteiger partial charge in [0.05, 0.1) is 46.5 Å². The summed E-state index contributed by atoms with van der Waals surface area (Å²) in [5, 5.41) is 1.89. The van der Waals surface area contributed by atoms with Gasteiger partial charge in [-0.05, 0) is 66.8 Å². The molecule has 0 unspecified atom stereocenters. The minimum absolute atomic E-state index is 0.119. The van der Waals surface area contributed by atoms with E-state index in [9.17, 15) is 24.0 Å². The molecular weight excluding hydrogens is 523 g/mol. The molecular formula is C26H22Cl2N2O7. The third-order valence-corrected chi connectivity index (χ3v) is 8.59. The van der Waals surface area contributed by atoms with Gasteiger partial charge in [-0.2, -0.15) is 0 Å². The number of ether oxygens (including phenoxy) is 2. The van der Waals surface area contributed by atoms with E-state index in [0.29, 0.717) is 23.4 Å². The Labute approximate surface area is 222 Å². The Morgan fingerprint density at radius 2 is 1.38 bits per heavy atom. The lowest BCUT2D eigenvalue weighted by atomic mass is 9.80. The molecule has 0 aromatic heterocycles. The summed E-state index contributed by atoms with van der Waals surface area (Å²) in [6.07, 6.45) is 0.681. The number of hydrogen-bond donors (Lipinski definition) is 1. The molecule has 2 saturated carbocycles. The topological polar surface area (TPSA) is 119 Å². The maximum Gasteiger partial charge on any atom is 0.338 e. The number of methoxy groups -OCH3 is 1. The van der Waals surface area contributed by atoms with Gasteiger partial charge in [-0.1, -0.05) is 0 Å². The molecule has 2 aromatic rings. The first kappa shape index (κ1) is 25.2. The molecule has 2 aromatic carbocycles. The van der Waals surface area contributed by atoms with Gasteiger partial charge in [0, 0.05) is 5.69 Å². The number of nitrogens with zero attached hydrogens (tertiary/aromatic N) is 1. The smallest absolute Gasteiger partial charge is 0.338 e. The summed E-state index contributed by atoms with van der Waals surface area (Å²) in [5.41, 5.74) is 1.25. The number of nitrogens with one attached hydrogen (secondary N) is 1. The molecule has 3 fully saturated rings. The first-order valence-corrected chi connectivity index (χ1v) is 12.5. The Balaban J connectivity index is 1.18. The predicted molar refractivity (Wildman–Crippen MR) is 133 cm³/mol. The van der Waals surface area contributed by atoms with Crippen LogP contribution in [0.2, 0.25) is 0 Å². The average molecular weight is 545 g/mol. The number of anilines is 2. The Kier molecular flexibility index (Phi) is 6.68. The maximum atomic E-state index is 13.1. The second kappa shape index (κ2) is 9.79. The van der Waals surface area contributed by atoms with Gasteiger partial charge in [0.15, 0.2) is 6.61 Å². The molecule has 1 aliphatic heterocycles. The SMILES string of the molecule is COC(=O)c1ccc(NC(=O)COC(=O)c2ccc(N3C(=O)[C@@H]4[C@H]5C[C@@H]([C@H](Cl)[C@H]5Cl)[C@H]4C3=O)cc2)cc1. The van der Waals surface area contributed by atoms with Gasteiger partial charge in [-0.15, -0.1) is 23.2 Å². The number of fused-ring (bicyclic) bond motifs is 5. The number of hydrogen-bond acceptors (Lipinski definition) is 7. The van der Waals surface area contributed by atoms with E-state index in [0.717, 1.165) is 4.90 Å². The first-order valence-electron chi connectivity index (χ1n) is 11.6. The molecule has 0 spiro atoms. The normalized spacial score (nSPS) is 27.7. The number of amides is 3. The minimum atomic E-state index is -0.744. The van der Waals surface area contributed by atoms with Gasteiger partial charge in [0.1, 0.15) is 0 Å². The van der Waals surface area contributed by atoms with Gasteiger partial charge in [-0.3, -0.25) is 19.3 Å². The van der Waals surface area contributed by atoms with E-state index < -0.39 is 36.3 Å². The highest BCUT2D eigenvalue weighted by molar-refractivity contribution is 6.32. The summed E-state index contributed by atoms with van der Waals surface area (Å²) in [5.74, 6) is -3.55. The van der Waals surface area contributed by atoms with Crippen LogP contribution in [0.3, 0.4) is 0 Å². The number of carbonyl (C=O) groups is 5. The van der Waals surface area contributed by atoms with Crippen molar-refractivity contribution in [2.24, 2.45) is 23.7 Å². The van der Waals surface area contributed by atoms with Crippen molar-refractivity contribution in [3.8, 4) is 0 Å². The Bertz CT molecular complexity index is 1250. The minimum Gasteiger partial charge on any atom is -0.465 e. The number of halogens is 2. The zero-order chi connectivity index (χ0) is 26.4. The first-order chi connectivity index (χ1) is 17.7. The van der Waals surface area contributed by atoms with Crippen LogP contribution < -0.4 is 10.2 Å². The molecule has 37 heavy (non-hydrogen) atoms. The van der Waals surface area contributed by atoms with Crippen LogP contribution in [0, 0.1) is 23.7 Å². The van der Waals surface area contributed by atoms with Crippen LogP contribution in [-0.4, -0.2) is 54.1 Å². The summed E-state index contributed by atoms with van der Waals surface area (Å²) in [6.45, 7) is -0.534. The second-order valence-electron chi connectivity index (χ2n) is 9.26. The third kappa shape index (κ3) is 4.36. The summed E-state index contributed by atoms with van der Waals surface area (Å²) in [6, 6.07) is 11.9. The largest absolute Gasteiger partial charge is 0.465 e. The molecule has 0 radical (unpaired) electrons. The van der Waals surface area contributed by atoms with Crippen LogP contribution in [0.25, 0.3) is 0 Å². The molecule has 1 heterocycles. The van der Waals surface area contributed by atoms with Crippen molar-refractivity contribution in [2.45, 2.75) is 17.2 Å². The van der Waals surface area contributed by atoms with Crippen LogP contribution in [0.4, 0.5) is 11.4 Å². The fraction of sp³-hybridized carbons (Fsp3) is 0.346. The third-order valence-electron chi connectivity index (χ3n) is 7.27. The van der Waals surface area contributed by atoms with Crippen LogP contribution in [-0.2, 0) is 23.9 Å². The van der Waals surface area contributed by atoms with E-state index in [1.165, 1.54) is 55.6 Å². The standard InChI is InChI=1S/C26H22Cl2N2O7/c1-36-25(34)12-2-6-14(7-3-12)29-18(31)11-37-26(35)13-4-8-15(9-5-13)30-23(32)19-16-10-17(20(19)24(30)33)22(28)21(16)27/h2-9,16-17,19-22H,10-11H2,1H3,(H,29,31)/t16-,17-,19-,20-,21+,22+/m1/s1. The zero-order valence-corrected chi connectivity index (χ0v) is 21.1. The Morgan fingerprint density at radius 3 is 1.92 bits per heavy atom. The number of alkyl halides is 2. The summed E-state index contributed by atoms with van der Waals surface area (Å²) < 4.78 is 9.69. The summed E-state index contributed by atoms with van der Waals surface area (Å²) in [4.78, 5) is 63.4. The maximum absolute atomic E-state index is 13.1. The highest BCUT2D eigenvalue weighted by Crippen LogP contribution is 2.59. The monoisotopic (exact) mass is 544 g/mol. The van der Waals surface area contributed by atoms with Crippen molar-refractivity contribution in [1.82, 2.24) is 0 Å². The lowest BCUT2D eigenvalue weighted by Gasteiger charge is -2.28. The molecule has 2 bridgehead atoms. The molecule has 192 valence electrons. The Hall–Kier alpha value is -3.43. The van der Waals surface area contributed by atoms with Crippen molar-refractivity contribution in [2.75, 3.05) is 23.9 Å². The number of esters is 2. The van der Waals surface area contributed by atoms with Crippen LogP contribution in [0.5, 0.6) is 0 Å². The average Bonchev–Trinajstić information content (AvgIpc) is 3.52. The van der Waals surface area contributed by atoms with Crippen molar-refractivity contribution in [3.63, 3.8) is 0 Å². The highest BCUT2D eigenvalue weighted by Gasteiger charge is 2.66. The van der Waals surface area contributed by atoms with E-state index in [1.807, 2.05) is 0 Å². The molecule has 1 N–H and O–H groups in total. The van der Waals surface area contributed by atoms with Crippen molar-refractivity contribution < 1.29 is 33.4 Å². The van der Waals surface area contributed by atoms with Gasteiger partial charge >= 0.3 is 11.9 Å². The molecule has 1 saturated heterocycles. The van der Waals surface area contributed by atoms with E-state index in [1.54, 1.807) is 0 Å². The number of rotatable bonds is 6. The highest BCUT2D eigenvalue weighted by atomic mass is 35.5. The molecule has 2 aliphatic carbocycles. The molecule has 3 amide bonds. The molecule has 3 aliphatic rings. The summed E-state index contributed by atoms with van der Waals surface area (Å²) >= 11 is 12.8. The van der Waals surface area contributed by atoms with E-state index in [-0.39, 0.29) is 40.0 Å². The molecule has 11 heteroatoms. The van der Waals surface area contributed by atoms with Crippen molar-refractivity contribution in [3.05, 3.63) is 59.7 Å². The lowest BCUT2D eigenvalue weighted by Crippen LogP contribution is -2.37. The van der Waals surface area contributed by atoms with Crippen molar-refractivity contribution in [1.29, 1.82) is 0 Å². The van der Waals surface area contributed by atoms with Gasteiger partial charge < -0.3 is 14.8 Å². The number of imide groups is 1. The van der Waals surface area contributed by atoms with E-state index >= 15 is 0 Å². The second-order valence-corrected chi connectivity index (χ2v) is 10.3. The zero-order valence-electron chi connectivity index (χ0n) is 19.6. The molecule has 9 nitrogen and oxygen atoms in total. The number of benzene rings is 2. The lowest BCUT2D eigenvalue weighted by molar-refractivity contribution is -0.123. The van der Waals surface area contributed by atoms with E-state index in [2.05, 4.69) is 10.1 Å². The molecule has 5 rings (SSSR count). The van der Waals surface area contributed by atoms with Crippen LogP contribution in [0.15, 0.2) is 48.5 Å². The quantitative estimate of drug-likeness (QED) is 0.336. The fourth-order valence-electron chi connectivity index (χ4n) is 5.57. The van der Waals surface area contributed by atoms with Crippen LogP contribution >= 0.6 is 23.2 Å². The fourth-order valence-corrected chi connectivity index (χ4v) is 6.46. The Morgan fingerprint density at radius 1 is 0.865 bits per heavy atom. The van der Waals surface area contributed by atoms with Crippen LogP contribution in [0.1, 0.15) is 27.1 Å². The van der Waals surface area contributed by atoms with Crippen molar-refractivity contribution >= 4 is 64.2 Å². The van der Waals surface area contributed by atoms with E-state index in [4.69, 9.17) is 27.9 Å². The summed E-state index contributed by atoms with van der Waals surface area (Å²) in [7, 11) is 1.27. The van der Waals surface area contributed by atoms with Gasteiger partial charge in [-0.25, -0.2) is 9.59 Å². The van der Waals surface area contributed by atoms with Gasteiger partial charge in [0.2, 0.25) is 11.8 Å². The predicted octanol–water partition coefficient (Wildman–Crippen LogP) is 3.24. The van der Waals surface area contributed by atoms with Gasteiger partial charge in [0.25, 0.3) is 5.91 Å². The molecule has 6 atom stereocenters. The number of carbonyl (C=O) groups excluding carboxylic acids is 5.